The van der Waals surface area contributed by atoms with E-state index in [9.17, 15) is 4.79 Å². The van der Waals surface area contributed by atoms with E-state index < -0.39 is 0 Å². The van der Waals surface area contributed by atoms with Crippen molar-refractivity contribution in [1.82, 2.24) is 9.88 Å². The van der Waals surface area contributed by atoms with Crippen LogP contribution in [0.25, 0.3) is 11.1 Å². The highest BCUT2D eigenvalue weighted by Crippen LogP contribution is 2.23. The van der Waals surface area contributed by atoms with Crippen molar-refractivity contribution in [3.63, 3.8) is 0 Å². The second kappa shape index (κ2) is 5.63. The summed E-state index contributed by atoms with van der Waals surface area (Å²) >= 11 is 0. The summed E-state index contributed by atoms with van der Waals surface area (Å²) in [6.45, 7) is 6.09. The maximum atomic E-state index is 12.1. The first kappa shape index (κ1) is 14.5. The van der Waals surface area contributed by atoms with E-state index in [4.69, 9.17) is 0 Å². The van der Waals surface area contributed by atoms with Crippen LogP contribution in [0, 0.1) is 13.8 Å². The van der Waals surface area contributed by atoms with E-state index in [0.29, 0.717) is 6.04 Å². The number of nitrogens with one attached hydrogen (secondary N) is 1. The molecule has 0 saturated carbocycles. The maximum absolute atomic E-state index is 12.1. The second-order valence-electron chi connectivity index (χ2n) is 5.59. The third kappa shape index (κ3) is 2.83. The van der Waals surface area contributed by atoms with Gasteiger partial charge in [0.25, 0.3) is 5.56 Å². The van der Waals surface area contributed by atoms with E-state index in [1.54, 1.807) is 0 Å². The quantitative estimate of drug-likeness (QED) is 0.929. The Morgan fingerprint density at radius 1 is 1.15 bits per heavy atom. The van der Waals surface area contributed by atoms with Crippen LogP contribution in [0.2, 0.25) is 0 Å². The highest BCUT2D eigenvalue weighted by Gasteiger charge is 2.11. The normalized spacial score (nSPS) is 12.7. The summed E-state index contributed by atoms with van der Waals surface area (Å²) in [7, 11) is 4.11. The number of benzene rings is 1. The van der Waals surface area contributed by atoms with Crippen LogP contribution in [0.15, 0.2) is 35.1 Å². The Labute approximate surface area is 120 Å². The highest BCUT2D eigenvalue weighted by atomic mass is 16.1. The van der Waals surface area contributed by atoms with Crippen molar-refractivity contribution in [1.29, 1.82) is 0 Å². The molecule has 0 spiro atoms. The average molecular weight is 270 g/mol. The molecule has 3 nitrogen and oxygen atoms in total. The Balaban J connectivity index is 2.52. The molecule has 1 heterocycles. The van der Waals surface area contributed by atoms with Gasteiger partial charge in [0.1, 0.15) is 0 Å². The van der Waals surface area contributed by atoms with Crippen LogP contribution in [-0.2, 0) is 0 Å². The van der Waals surface area contributed by atoms with Gasteiger partial charge in [-0.2, -0.15) is 0 Å². The molecule has 106 valence electrons. The van der Waals surface area contributed by atoms with Crippen molar-refractivity contribution in [2.45, 2.75) is 26.8 Å². The highest BCUT2D eigenvalue weighted by molar-refractivity contribution is 5.64. The summed E-state index contributed by atoms with van der Waals surface area (Å²) in [5.74, 6) is 0. The molecule has 0 saturated heterocycles. The number of aromatic nitrogens is 1. The SMILES string of the molecule is Cc1cc(-c2cccc([C@H](C)N(C)C)c2)c(=O)[nH]c1C. The van der Waals surface area contributed by atoms with Gasteiger partial charge in [-0.1, -0.05) is 18.2 Å². The molecule has 0 radical (unpaired) electrons. The number of hydrogen-bond acceptors (Lipinski definition) is 2. The summed E-state index contributed by atoms with van der Waals surface area (Å²) in [5.41, 5.74) is 4.93. The number of H-pyrrole nitrogens is 1. The number of nitrogens with zero attached hydrogens (tertiary/aromatic N) is 1. The fourth-order valence-corrected chi connectivity index (χ4v) is 2.21. The molecule has 0 fully saturated rings. The van der Waals surface area contributed by atoms with Crippen LogP contribution in [0.4, 0.5) is 0 Å². The zero-order valence-electron chi connectivity index (χ0n) is 12.8. The van der Waals surface area contributed by atoms with Crippen LogP contribution >= 0.6 is 0 Å². The van der Waals surface area contributed by atoms with Crippen molar-refractivity contribution in [3.05, 3.63) is 57.5 Å². The van der Waals surface area contributed by atoms with Gasteiger partial charge in [-0.05, 0) is 63.7 Å². The Hall–Kier alpha value is -1.87. The number of pyridine rings is 1. The zero-order valence-corrected chi connectivity index (χ0v) is 12.8. The molecular weight excluding hydrogens is 248 g/mol. The van der Waals surface area contributed by atoms with Crippen molar-refractivity contribution in [2.24, 2.45) is 0 Å². The minimum Gasteiger partial charge on any atom is -0.326 e. The minimum atomic E-state index is -0.0252. The number of rotatable bonds is 3. The smallest absolute Gasteiger partial charge is 0.256 e. The molecule has 2 rings (SSSR count). The lowest BCUT2D eigenvalue weighted by Gasteiger charge is -2.20. The maximum Gasteiger partial charge on any atom is 0.256 e. The number of aryl methyl sites for hydroxylation is 2. The van der Waals surface area contributed by atoms with Crippen LogP contribution in [0.5, 0.6) is 0 Å². The van der Waals surface area contributed by atoms with Crippen LogP contribution < -0.4 is 5.56 Å². The molecule has 20 heavy (non-hydrogen) atoms. The Kier molecular flexibility index (Phi) is 4.09. The number of hydrogen-bond donors (Lipinski definition) is 1. The lowest BCUT2D eigenvalue weighted by molar-refractivity contribution is 0.321. The third-order valence-electron chi connectivity index (χ3n) is 3.95. The van der Waals surface area contributed by atoms with Crippen LogP contribution in [-0.4, -0.2) is 24.0 Å². The molecule has 1 atom stereocenters. The lowest BCUT2D eigenvalue weighted by atomic mass is 9.99. The molecule has 0 aliphatic heterocycles. The largest absolute Gasteiger partial charge is 0.326 e. The summed E-state index contributed by atoms with van der Waals surface area (Å²) in [4.78, 5) is 17.2. The van der Waals surface area contributed by atoms with Crippen molar-refractivity contribution in [3.8, 4) is 11.1 Å². The molecular formula is C17H22N2O. The van der Waals surface area contributed by atoms with Gasteiger partial charge in [-0.3, -0.25) is 4.79 Å². The fraction of sp³-hybridized carbons (Fsp3) is 0.353. The van der Waals surface area contributed by atoms with Gasteiger partial charge in [-0.15, -0.1) is 0 Å². The van der Waals surface area contributed by atoms with E-state index in [1.165, 1.54) is 5.56 Å². The van der Waals surface area contributed by atoms with E-state index in [2.05, 4.69) is 43.0 Å². The fourth-order valence-electron chi connectivity index (χ4n) is 2.21. The second-order valence-corrected chi connectivity index (χ2v) is 5.59. The van der Waals surface area contributed by atoms with Gasteiger partial charge in [0.2, 0.25) is 0 Å². The van der Waals surface area contributed by atoms with Gasteiger partial charge < -0.3 is 9.88 Å². The number of aromatic amines is 1. The Bertz CT molecular complexity index is 671. The van der Waals surface area contributed by atoms with Crippen LogP contribution in [0.3, 0.4) is 0 Å². The average Bonchev–Trinajstić information content (AvgIpc) is 2.42. The Morgan fingerprint density at radius 3 is 2.50 bits per heavy atom. The van der Waals surface area contributed by atoms with Gasteiger partial charge >= 0.3 is 0 Å². The molecule has 1 aromatic heterocycles. The van der Waals surface area contributed by atoms with E-state index in [1.807, 2.05) is 32.0 Å². The molecule has 0 aliphatic rings. The van der Waals surface area contributed by atoms with Crippen molar-refractivity contribution in [2.75, 3.05) is 14.1 Å². The first-order valence-electron chi connectivity index (χ1n) is 6.87. The van der Waals surface area contributed by atoms with Gasteiger partial charge in [0, 0.05) is 17.3 Å². The standard InChI is InChI=1S/C17H22N2O/c1-11-9-16(17(20)18-12(11)2)15-8-6-7-14(10-15)13(3)19(4)5/h6-10,13H,1-5H3,(H,18,20)/t13-/m0/s1. The molecule has 2 aromatic rings. The Morgan fingerprint density at radius 2 is 1.85 bits per heavy atom. The molecule has 0 amide bonds. The van der Waals surface area contributed by atoms with Crippen molar-refractivity contribution >= 4 is 0 Å². The first-order chi connectivity index (χ1) is 9.40. The lowest BCUT2D eigenvalue weighted by Crippen LogP contribution is -2.17. The summed E-state index contributed by atoms with van der Waals surface area (Å²) in [5, 5.41) is 0. The molecule has 1 N–H and O–H groups in total. The summed E-state index contributed by atoms with van der Waals surface area (Å²) < 4.78 is 0. The van der Waals surface area contributed by atoms with Gasteiger partial charge in [0.15, 0.2) is 0 Å². The molecule has 0 bridgehead atoms. The first-order valence-corrected chi connectivity index (χ1v) is 6.87. The van der Waals surface area contributed by atoms with E-state index in [-0.39, 0.29) is 5.56 Å². The van der Waals surface area contributed by atoms with E-state index >= 15 is 0 Å². The third-order valence-corrected chi connectivity index (χ3v) is 3.95. The predicted octanol–water partition coefficient (Wildman–Crippen LogP) is 3.28. The molecule has 3 heteroatoms. The summed E-state index contributed by atoms with van der Waals surface area (Å²) in [6, 6.07) is 10.5. The molecule has 0 unspecified atom stereocenters. The topological polar surface area (TPSA) is 36.1 Å². The minimum absolute atomic E-state index is 0.0252. The van der Waals surface area contributed by atoms with Gasteiger partial charge in [0.05, 0.1) is 0 Å². The predicted molar refractivity (Wildman–Crippen MR) is 84.1 cm³/mol. The van der Waals surface area contributed by atoms with Gasteiger partial charge in [-0.25, -0.2) is 0 Å². The summed E-state index contributed by atoms with van der Waals surface area (Å²) in [6.07, 6.45) is 0. The monoisotopic (exact) mass is 270 g/mol. The molecule has 1 aromatic carbocycles. The van der Waals surface area contributed by atoms with E-state index in [0.717, 1.165) is 22.4 Å². The van der Waals surface area contributed by atoms with Crippen LogP contribution in [0.1, 0.15) is 29.8 Å². The zero-order chi connectivity index (χ0) is 14.9. The van der Waals surface area contributed by atoms with Crippen molar-refractivity contribution < 1.29 is 0 Å². The molecule has 0 aliphatic carbocycles.